The van der Waals surface area contributed by atoms with E-state index < -0.39 is 4.92 Å². The fraction of sp³-hybridized carbons (Fsp3) is 0.375. The van der Waals surface area contributed by atoms with Gasteiger partial charge in [0.2, 0.25) is 18.6 Å². The molecule has 1 aliphatic carbocycles. The Morgan fingerprint density at radius 2 is 1.94 bits per heavy atom. The molecule has 1 amide bonds. The molecule has 1 aliphatic heterocycles. The smallest absolute Gasteiger partial charge is 0.277 e. The first-order valence-electron chi connectivity index (χ1n) is 11.4. The molecule has 0 atom stereocenters. The Bertz CT molecular complexity index is 1270. The molecule has 35 heavy (non-hydrogen) atoms. The summed E-state index contributed by atoms with van der Waals surface area (Å²) in [6.07, 6.45) is 4.65. The standard InChI is InChI=1S/C24H25N5O6/c1-33-22-7-6-17-23(28-22)18(8-9-25-17)27-24(30)14-2-4-16(5-3-14)26-12-15-10-20-21(35-13-34-20)11-19(15)29(31)32/h6-11,14,16,26H,2-5,12-13H2,1H3,(H,25,27,30)/t14-,16-. The predicted molar refractivity (Wildman–Crippen MR) is 127 cm³/mol. The Morgan fingerprint density at radius 1 is 1.17 bits per heavy atom. The van der Waals surface area contributed by atoms with E-state index in [1.807, 2.05) is 0 Å². The van der Waals surface area contributed by atoms with Crippen molar-refractivity contribution in [3.05, 3.63) is 52.2 Å². The molecular weight excluding hydrogens is 454 g/mol. The van der Waals surface area contributed by atoms with E-state index in [2.05, 4.69) is 20.6 Å². The third-order valence-corrected chi connectivity index (χ3v) is 6.48. The molecule has 3 heterocycles. The summed E-state index contributed by atoms with van der Waals surface area (Å²) in [6.45, 7) is 0.402. The van der Waals surface area contributed by atoms with Gasteiger partial charge in [0.25, 0.3) is 5.69 Å². The number of carbonyl (C=O) groups excluding carboxylic acids is 1. The Kier molecular flexibility index (Phi) is 6.32. The largest absolute Gasteiger partial charge is 0.481 e. The fourth-order valence-electron chi connectivity index (χ4n) is 4.56. The highest BCUT2D eigenvalue weighted by molar-refractivity contribution is 6.00. The van der Waals surface area contributed by atoms with Gasteiger partial charge in [-0.1, -0.05) is 0 Å². The van der Waals surface area contributed by atoms with Crippen molar-refractivity contribution in [2.75, 3.05) is 19.2 Å². The van der Waals surface area contributed by atoms with Crippen LogP contribution in [0.1, 0.15) is 31.2 Å². The van der Waals surface area contributed by atoms with Crippen LogP contribution in [0.2, 0.25) is 0 Å². The number of carbonyl (C=O) groups is 1. The first kappa shape index (κ1) is 22.8. The Morgan fingerprint density at radius 3 is 2.69 bits per heavy atom. The molecule has 1 fully saturated rings. The molecule has 182 valence electrons. The van der Waals surface area contributed by atoms with E-state index in [4.69, 9.17) is 14.2 Å². The van der Waals surface area contributed by atoms with E-state index >= 15 is 0 Å². The molecule has 1 saturated carbocycles. The average molecular weight is 479 g/mol. The third kappa shape index (κ3) is 4.80. The number of hydrogen-bond acceptors (Lipinski definition) is 9. The Hall–Kier alpha value is -3.99. The predicted octanol–water partition coefficient (Wildman–Crippen LogP) is 3.56. The van der Waals surface area contributed by atoms with Gasteiger partial charge in [-0.25, -0.2) is 4.98 Å². The first-order valence-corrected chi connectivity index (χ1v) is 11.4. The number of anilines is 1. The summed E-state index contributed by atoms with van der Waals surface area (Å²) in [7, 11) is 1.54. The summed E-state index contributed by atoms with van der Waals surface area (Å²) in [4.78, 5) is 32.8. The van der Waals surface area contributed by atoms with Crippen LogP contribution in [0.15, 0.2) is 36.5 Å². The zero-order chi connectivity index (χ0) is 24.4. The molecule has 1 aromatic carbocycles. The number of nitrogens with one attached hydrogen (secondary N) is 2. The van der Waals surface area contributed by atoms with Crippen molar-refractivity contribution >= 4 is 28.3 Å². The average Bonchev–Trinajstić information content (AvgIpc) is 3.34. The second-order valence-electron chi connectivity index (χ2n) is 8.59. The van der Waals surface area contributed by atoms with Gasteiger partial charge < -0.3 is 24.8 Å². The number of fused-ring (bicyclic) bond motifs is 2. The molecule has 5 rings (SSSR count). The number of nitrogens with zero attached hydrogens (tertiary/aromatic N) is 3. The van der Waals surface area contributed by atoms with Crippen LogP contribution < -0.4 is 24.8 Å². The number of methoxy groups -OCH3 is 1. The van der Waals surface area contributed by atoms with E-state index in [9.17, 15) is 14.9 Å². The quantitative estimate of drug-likeness (QED) is 0.385. The van der Waals surface area contributed by atoms with Crippen LogP contribution in [0.3, 0.4) is 0 Å². The van der Waals surface area contributed by atoms with Gasteiger partial charge >= 0.3 is 0 Å². The summed E-state index contributed by atoms with van der Waals surface area (Å²) >= 11 is 0. The number of ether oxygens (including phenoxy) is 3. The van der Waals surface area contributed by atoms with Crippen LogP contribution in [0.5, 0.6) is 17.4 Å². The molecule has 2 aliphatic rings. The van der Waals surface area contributed by atoms with Crippen molar-refractivity contribution in [2.45, 2.75) is 38.3 Å². The number of nitro groups is 1. The molecule has 0 bridgehead atoms. The van der Waals surface area contributed by atoms with E-state index in [0.29, 0.717) is 59.0 Å². The number of nitro benzene ring substituents is 1. The highest BCUT2D eigenvalue weighted by Gasteiger charge is 2.28. The number of benzene rings is 1. The molecule has 3 aromatic rings. The van der Waals surface area contributed by atoms with Gasteiger partial charge in [0.05, 0.1) is 29.3 Å². The number of amides is 1. The molecule has 0 saturated heterocycles. The summed E-state index contributed by atoms with van der Waals surface area (Å²) in [5.74, 6) is 1.19. The van der Waals surface area contributed by atoms with Gasteiger partial charge in [0.15, 0.2) is 11.5 Å². The van der Waals surface area contributed by atoms with Crippen LogP contribution in [0.4, 0.5) is 11.4 Å². The van der Waals surface area contributed by atoms with Crippen LogP contribution in [0, 0.1) is 16.0 Å². The molecule has 0 spiro atoms. The molecule has 2 aromatic heterocycles. The minimum atomic E-state index is -0.409. The summed E-state index contributed by atoms with van der Waals surface area (Å²) in [6, 6.07) is 8.50. The highest BCUT2D eigenvalue weighted by Crippen LogP contribution is 2.38. The Balaban J connectivity index is 1.18. The van der Waals surface area contributed by atoms with Gasteiger partial charge in [-0.05, 0) is 43.9 Å². The van der Waals surface area contributed by atoms with E-state index in [0.717, 1.165) is 12.8 Å². The molecule has 11 nitrogen and oxygen atoms in total. The zero-order valence-electron chi connectivity index (χ0n) is 19.2. The number of pyridine rings is 2. The first-order chi connectivity index (χ1) is 17.0. The van der Waals surface area contributed by atoms with Crippen molar-refractivity contribution < 1.29 is 23.9 Å². The summed E-state index contributed by atoms with van der Waals surface area (Å²) in [5, 5.41) is 17.9. The van der Waals surface area contributed by atoms with Crippen LogP contribution in [-0.4, -0.2) is 40.7 Å². The van der Waals surface area contributed by atoms with E-state index in [1.165, 1.54) is 6.07 Å². The van der Waals surface area contributed by atoms with Crippen molar-refractivity contribution in [1.29, 1.82) is 0 Å². The summed E-state index contributed by atoms with van der Waals surface area (Å²) < 4.78 is 15.8. The lowest BCUT2D eigenvalue weighted by atomic mass is 9.85. The molecule has 11 heteroatoms. The molecule has 0 unspecified atom stereocenters. The van der Waals surface area contributed by atoms with Gasteiger partial charge in [-0.2, -0.15) is 0 Å². The maximum atomic E-state index is 13.0. The number of rotatable bonds is 7. The van der Waals surface area contributed by atoms with Crippen molar-refractivity contribution in [3.63, 3.8) is 0 Å². The lowest BCUT2D eigenvalue weighted by molar-refractivity contribution is -0.385. The fourth-order valence-corrected chi connectivity index (χ4v) is 4.56. The zero-order valence-corrected chi connectivity index (χ0v) is 19.2. The normalized spacial score (nSPS) is 18.9. The van der Waals surface area contributed by atoms with Crippen molar-refractivity contribution in [3.8, 4) is 17.4 Å². The van der Waals surface area contributed by atoms with E-state index in [-0.39, 0.29) is 30.3 Å². The third-order valence-electron chi connectivity index (χ3n) is 6.48. The number of hydrogen-bond donors (Lipinski definition) is 2. The summed E-state index contributed by atoms with van der Waals surface area (Å²) in [5.41, 5.74) is 2.42. The van der Waals surface area contributed by atoms with Gasteiger partial charge in [-0.3, -0.25) is 19.9 Å². The number of aromatic nitrogens is 2. The lowest BCUT2D eigenvalue weighted by Crippen LogP contribution is -2.36. The van der Waals surface area contributed by atoms with Crippen LogP contribution >= 0.6 is 0 Å². The topological polar surface area (TPSA) is 138 Å². The second kappa shape index (κ2) is 9.71. The molecule has 0 radical (unpaired) electrons. The van der Waals surface area contributed by atoms with Crippen LogP contribution in [-0.2, 0) is 11.3 Å². The van der Waals surface area contributed by atoms with Gasteiger partial charge in [-0.15, -0.1) is 0 Å². The minimum absolute atomic E-state index is 0.00429. The van der Waals surface area contributed by atoms with E-state index in [1.54, 1.807) is 37.6 Å². The maximum Gasteiger partial charge on any atom is 0.277 e. The van der Waals surface area contributed by atoms with Crippen molar-refractivity contribution in [1.82, 2.24) is 15.3 Å². The van der Waals surface area contributed by atoms with Crippen LogP contribution in [0.25, 0.3) is 11.0 Å². The SMILES string of the molecule is COc1ccc2nccc(NC(=O)[C@H]3CC[C@H](NCc4cc5c(cc4[N+](=O)[O-])OCO5)CC3)c2n1. The molecule has 2 N–H and O–H groups in total. The maximum absolute atomic E-state index is 13.0. The second-order valence-corrected chi connectivity index (χ2v) is 8.59. The minimum Gasteiger partial charge on any atom is -0.481 e. The van der Waals surface area contributed by atoms with Crippen molar-refractivity contribution in [2.24, 2.45) is 5.92 Å². The monoisotopic (exact) mass is 479 g/mol. The Labute approximate surface area is 201 Å². The highest BCUT2D eigenvalue weighted by atomic mass is 16.7. The van der Waals surface area contributed by atoms with Gasteiger partial charge in [0.1, 0.15) is 5.52 Å². The molecular formula is C24H25N5O6. The van der Waals surface area contributed by atoms with Gasteiger partial charge in [0, 0.05) is 36.3 Å². The lowest BCUT2D eigenvalue weighted by Gasteiger charge is -2.28.